The van der Waals surface area contributed by atoms with Gasteiger partial charge in [-0.1, -0.05) is 42.5 Å². The van der Waals surface area contributed by atoms with Crippen molar-refractivity contribution in [3.63, 3.8) is 0 Å². The van der Waals surface area contributed by atoms with E-state index in [9.17, 15) is 14.4 Å². The highest BCUT2D eigenvalue weighted by Gasteiger charge is 2.45. The van der Waals surface area contributed by atoms with Gasteiger partial charge in [0.2, 0.25) is 0 Å². The lowest BCUT2D eigenvalue weighted by Crippen LogP contribution is -2.41. The minimum Gasteiger partial charge on any atom is -0.279 e. The molecule has 3 aromatic rings. The van der Waals surface area contributed by atoms with E-state index < -0.39 is 17.8 Å². The molecule has 0 N–H and O–H groups in total. The Morgan fingerprint density at radius 1 is 0.966 bits per heavy atom. The molecule has 0 spiro atoms. The highest BCUT2D eigenvalue weighted by atomic mass is 32.1. The van der Waals surface area contributed by atoms with Crippen LogP contribution in [0.25, 0.3) is 10.2 Å². The van der Waals surface area contributed by atoms with Gasteiger partial charge in [0.1, 0.15) is 5.01 Å². The Morgan fingerprint density at radius 2 is 1.62 bits per heavy atom. The number of aromatic nitrogens is 1. The second kappa shape index (κ2) is 7.73. The topological polar surface area (TPSA) is 73.8 Å². The van der Waals surface area contributed by atoms with Crippen LogP contribution in [0.3, 0.4) is 0 Å². The summed E-state index contributed by atoms with van der Waals surface area (Å²) in [5, 5.41) is 0.889. The summed E-state index contributed by atoms with van der Waals surface area (Å²) in [6, 6.07) is 16.3. The molecule has 148 valence electrons. The van der Waals surface area contributed by atoms with Crippen molar-refractivity contribution < 1.29 is 14.4 Å². The van der Waals surface area contributed by atoms with Gasteiger partial charge in [-0.05, 0) is 31.7 Å². The number of amides is 4. The van der Waals surface area contributed by atoms with Gasteiger partial charge in [0, 0.05) is 0 Å². The molecule has 1 fully saturated rings. The molecule has 2 heterocycles. The van der Waals surface area contributed by atoms with Crippen LogP contribution in [0.4, 0.5) is 4.79 Å². The van der Waals surface area contributed by atoms with E-state index in [1.165, 1.54) is 0 Å². The smallest absolute Gasteiger partial charge is 0.279 e. The number of nitrogens with zero attached hydrogens (tertiary/aromatic N) is 4. The molecule has 29 heavy (non-hydrogen) atoms. The van der Waals surface area contributed by atoms with Gasteiger partial charge in [0.25, 0.3) is 0 Å². The summed E-state index contributed by atoms with van der Waals surface area (Å²) < 4.78 is 1.08. The normalized spacial score (nSPS) is 15.8. The quantitative estimate of drug-likeness (QED) is 0.462. The number of rotatable bonds is 6. The Labute approximate surface area is 172 Å². The summed E-state index contributed by atoms with van der Waals surface area (Å²) in [4.78, 5) is 46.0. The van der Waals surface area contributed by atoms with E-state index in [1.807, 2.05) is 73.5 Å². The number of thiazole rings is 1. The van der Waals surface area contributed by atoms with Crippen LogP contribution in [-0.2, 0) is 16.1 Å². The zero-order chi connectivity index (χ0) is 20.5. The van der Waals surface area contributed by atoms with Crippen LogP contribution >= 0.6 is 11.3 Å². The van der Waals surface area contributed by atoms with Crippen molar-refractivity contribution in [3.05, 3.63) is 65.2 Å². The molecule has 0 bridgehead atoms. The number of hydrogen-bond donors (Lipinski definition) is 0. The zero-order valence-electron chi connectivity index (χ0n) is 16.1. The average Bonchev–Trinajstić information content (AvgIpc) is 3.25. The average molecular weight is 408 g/mol. The fourth-order valence-electron chi connectivity index (χ4n) is 3.18. The van der Waals surface area contributed by atoms with Crippen LogP contribution in [0.15, 0.2) is 54.6 Å². The zero-order valence-corrected chi connectivity index (χ0v) is 16.9. The van der Waals surface area contributed by atoms with Crippen molar-refractivity contribution in [1.29, 1.82) is 0 Å². The summed E-state index contributed by atoms with van der Waals surface area (Å²) in [5.74, 6) is -1.59. The first kappa shape index (κ1) is 19.2. The molecular weight excluding hydrogens is 388 g/mol. The molecule has 8 heteroatoms. The highest BCUT2D eigenvalue weighted by Crippen LogP contribution is 2.29. The van der Waals surface area contributed by atoms with Crippen LogP contribution in [0, 0.1) is 0 Å². The van der Waals surface area contributed by atoms with Crippen LogP contribution in [0.5, 0.6) is 0 Å². The van der Waals surface area contributed by atoms with E-state index in [2.05, 4.69) is 4.98 Å². The molecule has 4 amide bonds. The number of carbonyl (C=O) groups excluding carboxylic acids is 3. The van der Waals surface area contributed by atoms with E-state index in [1.54, 1.807) is 11.3 Å². The van der Waals surface area contributed by atoms with E-state index in [-0.39, 0.29) is 19.3 Å². The third-order valence-corrected chi connectivity index (χ3v) is 6.22. The minimum atomic E-state index is -0.797. The lowest BCUT2D eigenvalue weighted by atomic mass is 10.2. The largest absolute Gasteiger partial charge is 0.335 e. The summed E-state index contributed by atoms with van der Waals surface area (Å²) in [7, 11) is 1.81. The minimum absolute atomic E-state index is 0.0196. The molecule has 1 aromatic heterocycles. The summed E-state index contributed by atoms with van der Waals surface area (Å²) in [5.41, 5.74) is 1.71. The lowest BCUT2D eigenvalue weighted by molar-refractivity contribution is -0.144. The standard InChI is InChI=1S/C21H20N4O3S/c1-14(18-22-16-10-6-7-11-17(16)29-18)23(2)13-25-20(27)19(26)24(21(25)28)12-15-8-4-3-5-9-15/h3-11,14H,12-13H2,1-2H3/t14-/m1/s1. The van der Waals surface area contributed by atoms with Gasteiger partial charge >= 0.3 is 17.8 Å². The van der Waals surface area contributed by atoms with Gasteiger partial charge < -0.3 is 0 Å². The molecule has 1 aliphatic heterocycles. The first-order chi connectivity index (χ1) is 14.0. The maximum Gasteiger partial charge on any atom is 0.335 e. The number of hydrogen-bond acceptors (Lipinski definition) is 6. The van der Waals surface area contributed by atoms with Gasteiger partial charge in [-0.25, -0.2) is 14.7 Å². The van der Waals surface area contributed by atoms with E-state index in [0.29, 0.717) is 0 Å². The van der Waals surface area contributed by atoms with Crippen LogP contribution < -0.4 is 0 Å². The lowest BCUT2D eigenvalue weighted by Gasteiger charge is -2.26. The molecule has 1 saturated heterocycles. The molecule has 0 aliphatic carbocycles. The molecule has 1 aliphatic rings. The van der Waals surface area contributed by atoms with Crippen molar-refractivity contribution in [2.75, 3.05) is 13.7 Å². The molecule has 0 radical (unpaired) electrons. The van der Waals surface area contributed by atoms with E-state index >= 15 is 0 Å². The highest BCUT2D eigenvalue weighted by molar-refractivity contribution is 7.18. The van der Waals surface area contributed by atoms with E-state index in [4.69, 9.17) is 0 Å². The van der Waals surface area contributed by atoms with Crippen molar-refractivity contribution in [2.24, 2.45) is 0 Å². The molecule has 4 rings (SSSR count). The number of urea groups is 1. The first-order valence-corrected chi connectivity index (χ1v) is 10.0. The van der Waals surface area contributed by atoms with Crippen LogP contribution in [0.1, 0.15) is 23.5 Å². The van der Waals surface area contributed by atoms with Gasteiger partial charge in [-0.3, -0.25) is 19.4 Å². The Bertz CT molecular complexity index is 1050. The maximum absolute atomic E-state index is 12.7. The van der Waals surface area contributed by atoms with E-state index in [0.717, 1.165) is 30.6 Å². The first-order valence-electron chi connectivity index (χ1n) is 9.22. The molecule has 7 nitrogen and oxygen atoms in total. The van der Waals surface area contributed by atoms with Gasteiger partial charge in [-0.2, -0.15) is 0 Å². The third kappa shape index (κ3) is 3.64. The fraction of sp³-hybridized carbons (Fsp3) is 0.238. The van der Waals surface area contributed by atoms with Crippen LogP contribution in [0.2, 0.25) is 0 Å². The third-order valence-electron chi connectivity index (χ3n) is 5.01. The number of carbonyl (C=O) groups is 3. The SMILES string of the molecule is C[C@H](c1nc2ccccc2s1)N(C)CN1C(=O)C(=O)N(Cc2ccccc2)C1=O. The Balaban J connectivity index is 1.48. The van der Waals surface area contributed by atoms with Crippen molar-refractivity contribution >= 4 is 39.4 Å². The number of imide groups is 2. The van der Waals surface area contributed by atoms with Crippen molar-refractivity contribution in [2.45, 2.75) is 19.5 Å². The van der Waals surface area contributed by atoms with Gasteiger partial charge in [0.05, 0.1) is 29.5 Å². The number of fused-ring (bicyclic) bond motifs is 1. The van der Waals surface area contributed by atoms with Crippen LogP contribution in [-0.4, -0.2) is 51.2 Å². The predicted octanol–water partition coefficient (Wildman–Crippen LogP) is 3.24. The monoisotopic (exact) mass is 408 g/mol. The number of benzene rings is 2. The predicted molar refractivity (Wildman–Crippen MR) is 110 cm³/mol. The Morgan fingerprint density at radius 3 is 2.34 bits per heavy atom. The fourth-order valence-corrected chi connectivity index (χ4v) is 4.27. The molecule has 0 unspecified atom stereocenters. The van der Waals surface area contributed by atoms with Gasteiger partial charge in [0.15, 0.2) is 0 Å². The second-order valence-corrected chi connectivity index (χ2v) is 8.05. The molecular formula is C21H20N4O3S. The summed E-state index contributed by atoms with van der Waals surface area (Å²) in [6.07, 6.45) is 0. The molecule has 1 atom stereocenters. The number of para-hydroxylation sites is 1. The Hall–Kier alpha value is -3.10. The summed E-state index contributed by atoms with van der Waals surface area (Å²) >= 11 is 1.58. The van der Waals surface area contributed by atoms with Crippen molar-refractivity contribution in [3.8, 4) is 0 Å². The van der Waals surface area contributed by atoms with Crippen molar-refractivity contribution in [1.82, 2.24) is 19.7 Å². The Kier molecular flexibility index (Phi) is 5.12. The molecule has 2 aromatic carbocycles. The summed E-state index contributed by atoms with van der Waals surface area (Å²) in [6.45, 7) is 2.07. The van der Waals surface area contributed by atoms with Gasteiger partial charge in [-0.15, -0.1) is 11.3 Å². The molecule has 0 saturated carbocycles. The second-order valence-electron chi connectivity index (χ2n) is 6.99. The maximum atomic E-state index is 12.7.